The maximum absolute atomic E-state index is 8.74. The van der Waals surface area contributed by atoms with Gasteiger partial charge in [-0.25, -0.2) is 0 Å². The van der Waals surface area contributed by atoms with E-state index in [1.54, 1.807) is 0 Å². The van der Waals surface area contributed by atoms with E-state index in [-0.39, 0.29) is 103 Å². The predicted octanol–water partition coefficient (Wildman–Crippen LogP) is -8.84. The molecular weight excluding hydrogens is 269 g/mol. The molecule has 0 spiro atoms. The Morgan fingerprint density at radius 3 is 1.08 bits per heavy atom. The fourth-order valence-electron chi connectivity index (χ4n) is 0. The molecule has 64 valence electrons. The first kappa shape index (κ1) is 24.5. The minimum absolute atomic E-state index is 0. The van der Waals surface area contributed by atoms with Crippen molar-refractivity contribution >= 4 is 18.2 Å². The van der Waals surface area contributed by atoms with Crippen LogP contribution in [0.25, 0.3) is 0 Å². The Kier molecular flexibility index (Phi) is 21.9. The van der Waals surface area contributed by atoms with Crippen molar-refractivity contribution in [2.45, 2.75) is 0 Å². The molecule has 0 radical (unpaired) electrons. The number of rotatable bonds is 0. The predicted molar refractivity (Wildman–Crippen MR) is 24.0 cm³/mol. The standard InChI is InChI=1S/2K.H3O4P.H2O4S/c;;2*1-5(2,3)4/h;;(H3,1,2,3,4);(H2,1,2,3,4)/q2*+1;;/p-2. The topological polar surface area (TPSA) is 158 Å². The molecule has 0 aromatic rings. The summed E-state index contributed by atoms with van der Waals surface area (Å²) in [6.45, 7) is 0. The minimum Gasteiger partial charge on any atom is -0.790 e. The quantitative estimate of drug-likeness (QED) is 0.223. The molecule has 0 aliphatic heterocycles. The van der Waals surface area contributed by atoms with E-state index in [9.17, 15) is 0 Å². The van der Waals surface area contributed by atoms with Crippen molar-refractivity contribution in [2.75, 3.05) is 0 Å². The van der Waals surface area contributed by atoms with Crippen molar-refractivity contribution in [1.29, 1.82) is 0 Å². The maximum atomic E-state index is 8.74. The fourth-order valence-corrected chi connectivity index (χ4v) is 0. The largest absolute Gasteiger partial charge is 1.00 e. The van der Waals surface area contributed by atoms with E-state index in [0.29, 0.717) is 0 Å². The van der Waals surface area contributed by atoms with Crippen molar-refractivity contribution in [3.05, 3.63) is 0 Å². The zero-order valence-electron chi connectivity index (χ0n) is 6.24. The molecule has 0 atom stereocenters. The second-order valence-electron chi connectivity index (χ2n) is 0.916. The average Bonchev–Trinajstić information content (AvgIpc) is 1.12. The van der Waals surface area contributed by atoms with Gasteiger partial charge in [-0.05, 0) is 0 Å². The SMILES string of the molecule is O=P([O-])([O-])O.O=S(=O)(O)O.[K+].[K+]. The summed E-state index contributed by atoms with van der Waals surface area (Å²) in [5, 5.41) is 0. The van der Waals surface area contributed by atoms with E-state index >= 15 is 0 Å². The van der Waals surface area contributed by atoms with Crippen LogP contribution in [0.5, 0.6) is 0 Å². The van der Waals surface area contributed by atoms with Crippen LogP contribution >= 0.6 is 7.82 Å². The second kappa shape index (κ2) is 10.8. The molecule has 8 nitrogen and oxygen atoms in total. The first-order chi connectivity index (χ1) is 4.00. The van der Waals surface area contributed by atoms with E-state index in [0.717, 1.165) is 0 Å². The van der Waals surface area contributed by atoms with Gasteiger partial charge in [-0.3, -0.25) is 9.11 Å². The van der Waals surface area contributed by atoms with Gasteiger partial charge in [0.05, 0.1) is 7.82 Å². The molecule has 0 aliphatic carbocycles. The first-order valence-corrected chi connectivity index (χ1v) is 4.34. The number of hydrogen-bond acceptors (Lipinski definition) is 5. The monoisotopic (exact) mass is 272 g/mol. The van der Waals surface area contributed by atoms with Crippen LogP contribution in [-0.2, 0) is 15.0 Å². The molecule has 3 N–H and O–H groups in total. The zero-order chi connectivity index (χ0) is 9.00. The van der Waals surface area contributed by atoms with Crippen LogP contribution in [0, 0.1) is 0 Å². The molecule has 0 heterocycles. The molecule has 0 fully saturated rings. The van der Waals surface area contributed by atoms with Crippen molar-refractivity contribution < 1.29 is 140 Å². The Hall–Kier alpha value is 3.25. The number of phosphoric acid groups is 1. The van der Waals surface area contributed by atoms with Crippen molar-refractivity contribution in [3.63, 3.8) is 0 Å². The zero-order valence-corrected chi connectivity index (χ0v) is 14.2. The average molecular weight is 272 g/mol. The molecule has 0 amide bonds. The minimum atomic E-state index is -5.14. The normalized spacial score (nSPS) is 9.75. The molecule has 0 rings (SSSR count). The summed E-state index contributed by atoms with van der Waals surface area (Å²) < 4.78 is 40.2. The van der Waals surface area contributed by atoms with E-state index in [1.807, 2.05) is 0 Å². The van der Waals surface area contributed by atoms with Gasteiger partial charge in [-0.1, -0.05) is 0 Å². The summed E-state index contributed by atoms with van der Waals surface area (Å²) in [4.78, 5) is 24.3. The molecule has 0 aromatic heterocycles. The third-order valence-electron chi connectivity index (χ3n) is 0. The van der Waals surface area contributed by atoms with Gasteiger partial charge in [0.2, 0.25) is 0 Å². The van der Waals surface area contributed by atoms with Gasteiger partial charge in [0.1, 0.15) is 0 Å². The molecule has 0 saturated heterocycles. The van der Waals surface area contributed by atoms with Gasteiger partial charge < -0.3 is 19.2 Å². The first-order valence-electron chi connectivity index (χ1n) is 1.45. The molecule has 0 aliphatic rings. The van der Waals surface area contributed by atoms with E-state index in [1.165, 1.54) is 0 Å². The van der Waals surface area contributed by atoms with Gasteiger partial charge in [0.25, 0.3) is 0 Å². The second-order valence-corrected chi connectivity index (χ2v) is 2.75. The van der Waals surface area contributed by atoms with Crippen LogP contribution in [0.15, 0.2) is 0 Å². The third-order valence-corrected chi connectivity index (χ3v) is 0. The molecule has 0 bridgehead atoms. The Morgan fingerprint density at radius 2 is 1.08 bits per heavy atom. The molecule has 12 heavy (non-hydrogen) atoms. The Morgan fingerprint density at radius 1 is 1.08 bits per heavy atom. The van der Waals surface area contributed by atoms with Crippen molar-refractivity contribution in [3.8, 4) is 0 Å². The molecule has 0 unspecified atom stereocenters. The Labute approximate surface area is 154 Å². The van der Waals surface area contributed by atoms with Crippen molar-refractivity contribution in [1.82, 2.24) is 0 Å². The van der Waals surface area contributed by atoms with Gasteiger partial charge >= 0.3 is 113 Å². The molecule has 0 aromatic carbocycles. The van der Waals surface area contributed by atoms with Crippen LogP contribution in [0.1, 0.15) is 0 Å². The Bertz CT molecular complexity index is 195. The summed E-state index contributed by atoms with van der Waals surface area (Å²) in [7, 11) is -9.81. The summed E-state index contributed by atoms with van der Waals surface area (Å²) in [6, 6.07) is 0. The van der Waals surface area contributed by atoms with Crippen LogP contribution in [-0.4, -0.2) is 22.4 Å². The van der Waals surface area contributed by atoms with Crippen molar-refractivity contribution in [2.24, 2.45) is 0 Å². The van der Waals surface area contributed by atoms with Crippen LogP contribution in [0.2, 0.25) is 0 Å². The van der Waals surface area contributed by atoms with Crippen LogP contribution in [0.3, 0.4) is 0 Å². The van der Waals surface area contributed by atoms with E-state index < -0.39 is 18.2 Å². The van der Waals surface area contributed by atoms with Gasteiger partial charge in [-0.2, -0.15) is 8.42 Å². The summed E-state index contributed by atoms with van der Waals surface area (Å²) >= 11 is 0. The summed E-state index contributed by atoms with van der Waals surface area (Å²) in [5.41, 5.74) is 0. The van der Waals surface area contributed by atoms with E-state index in [2.05, 4.69) is 0 Å². The maximum Gasteiger partial charge on any atom is 1.00 e. The van der Waals surface area contributed by atoms with E-state index in [4.69, 9.17) is 36.8 Å². The third kappa shape index (κ3) is 188. The summed E-state index contributed by atoms with van der Waals surface area (Å²) in [5.74, 6) is 0. The Balaban J connectivity index is -0.0000000457. The summed E-state index contributed by atoms with van der Waals surface area (Å²) in [6.07, 6.45) is 0. The van der Waals surface area contributed by atoms with Crippen LogP contribution < -0.4 is 113 Å². The fraction of sp³-hybridized carbons (Fsp3) is 0. The molecular formula is H3K2O8PS. The number of hydrogen-bond donors (Lipinski definition) is 3. The van der Waals surface area contributed by atoms with Crippen LogP contribution in [0.4, 0.5) is 0 Å². The smallest absolute Gasteiger partial charge is 0.790 e. The van der Waals surface area contributed by atoms with Gasteiger partial charge in [0, 0.05) is 0 Å². The molecule has 12 heteroatoms. The van der Waals surface area contributed by atoms with Gasteiger partial charge in [0.15, 0.2) is 0 Å². The molecule has 0 saturated carbocycles. The van der Waals surface area contributed by atoms with Gasteiger partial charge in [-0.15, -0.1) is 0 Å².